The van der Waals surface area contributed by atoms with Gasteiger partial charge in [0.25, 0.3) is 0 Å². The summed E-state index contributed by atoms with van der Waals surface area (Å²) in [5, 5.41) is 2.55. The Morgan fingerprint density at radius 1 is 0.351 bits per heavy atom. The first-order valence-corrected chi connectivity index (χ1v) is 19.8. The Kier molecular flexibility index (Phi) is 6.88. The Balaban J connectivity index is 1.19. The Morgan fingerprint density at radius 2 is 0.912 bits per heavy atom. The molecule has 0 radical (unpaired) electrons. The number of benzene rings is 9. The monoisotopic (exact) mass is 724 g/mol. The summed E-state index contributed by atoms with van der Waals surface area (Å²) in [6.07, 6.45) is 0. The number of fused-ring (bicyclic) bond motifs is 12. The van der Waals surface area contributed by atoms with E-state index in [1.807, 2.05) is 0 Å². The fourth-order valence-corrected chi connectivity index (χ4v) is 10.1. The maximum absolute atomic E-state index is 2.55. The molecule has 0 saturated heterocycles. The van der Waals surface area contributed by atoms with Gasteiger partial charge in [-0.05, 0) is 86.5 Å². The van der Waals surface area contributed by atoms with E-state index < -0.39 is 5.41 Å². The molecule has 57 heavy (non-hydrogen) atoms. The Hall–Kier alpha value is -7.42. The van der Waals surface area contributed by atoms with Crippen molar-refractivity contribution in [3.63, 3.8) is 0 Å². The molecule has 2 heterocycles. The highest BCUT2D eigenvalue weighted by Crippen LogP contribution is 2.61. The number of anilines is 3. The molecule has 0 N–H and O–H groups in total. The molecule has 1 aliphatic carbocycles. The maximum Gasteiger partial charge on any atom is 0.0754 e. The van der Waals surface area contributed by atoms with Gasteiger partial charge in [0.05, 0.1) is 27.8 Å². The minimum absolute atomic E-state index is 0.495. The van der Waals surface area contributed by atoms with Crippen molar-refractivity contribution in [3.05, 3.63) is 241 Å². The van der Waals surface area contributed by atoms with Crippen LogP contribution in [-0.4, -0.2) is 4.57 Å². The summed E-state index contributed by atoms with van der Waals surface area (Å²) in [6.45, 7) is 0. The molecule has 0 unspecified atom stereocenters. The predicted molar refractivity (Wildman–Crippen MR) is 237 cm³/mol. The van der Waals surface area contributed by atoms with Crippen LogP contribution in [0.2, 0.25) is 0 Å². The van der Waals surface area contributed by atoms with Crippen LogP contribution in [0.25, 0.3) is 60.9 Å². The second kappa shape index (κ2) is 12.3. The lowest BCUT2D eigenvalue weighted by Crippen LogP contribution is -2.33. The molecule has 0 atom stereocenters. The van der Waals surface area contributed by atoms with E-state index in [2.05, 4.69) is 228 Å². The third-order valence-corrected chi connectivity index (χ3v) is 12.4. The average molecular weight is 725 g/mol. The molecule has 0 saturated carbocycles. The van der Waals surface area contributed by atoms with E-state index in [4.69, 9.17) is 0 Å². The zero-order valence-corrected chi connectivity index (χ0v) is 31.2. The smallest absolute Gasteiger partial charge is 0.0754 e. The van der Waals surface area contributed by atoms with Crippen LogP contribution in [0.5, 0.6) is 0 Å². The predicted octanol–water partition coefficient (Wildman–Crippen LogP) is 14.3. The molecule has 2 aliphatic rings. The van der Waals surface area contributed by atoms with Crippen molar-refractivity contribution in [1.82, 2.24) is 4.57 Å². The van der Waals surface area contributed by atoms with Gasteiger partial charge in [0, 0.05) is 27.7 Å². The van der Waals surface area contributed by atoms with E-state index in [1.54, 1.807) is 0 Å². The Morgan fingerprint density at radius 3 is 1.68 bits per heavy atom. The normalized spacial score (nSPS) is 13.1. The number of aromatic nitrogens is 1. The summed E-state index contributed by atoms with van der Waals surface area (Å²) < 4.78 is 2.55. The first-order chi connectivity index (χ1) is 28.3. The number of para-hydroxylation sites is 3. The van der Waals surface area contributed by atoms with Crippen molar-refractivity contribution in [3.8, 4) is 39.1 Å². The van der Waals surface area contributed by atoms with Crippen molar-refractivity contribution in [2.24, 2.45) is 0 Å². The van der Waals surface area contributed by atoms with E-state index in [1.165, 1.54) is 83.1 Å². The van der Waals surface area contributed by atoms with Crippen molar-refractivity contribution in [1.29, 1.82) is 0 Å². The van der Waals surface area contributed by atoms with Crippen molar-refractivity contribution in [2.45, 2.75) is 5.41 Å². The van der Waals surface area contributed by atoms with Gasteiger partial charge in [-0.1, -0.05) is 182 Å². The lowest BCUT2D eigenvalue weighted by molar-refractivity contribution is 0.748. The largest absolute Gasteiger partial charge is 0.310 e. The minimum atomic E-state index is -0.495. The topological polar surface area (TPSA) is 8.17 Å². The highest BCUT2D eigenvalue weighted by atomic mass is 15.1. The van der Waals surface area contributed by atoms with Crippen molar-refractivity contribution >= 4 is 38.9 Å². The molecule has 1 aliphatic heterocycles. The van der Waals surface area contributed by atoms with Gasteiger partial charge in [-0.25, -0.2) is 0 Å². The van der Waals surface area contributed by atoms with Crippen LogP contribution >= 0.6 is 0 Å². The minimum Gasteiger partial charge on any atom is -0.310 e. The third kappa shape index (κ3) is 4.47. The molecule has 1 spiro atoms. The molecule has 2 nitrogen and oxygen atoms in total. The molecule has 0 amide bonds. The molecular weight excluding hydrogens is 689 g/mol. The molecule has 2 heteroatoms. The summed E-state index contributed by atoms with van der Waals surface area (Å²) in [6, 6.07) is 80.5. The van der Waals surface area contributed by atoms with Gasteiger partial charge < -0.3 is 9.47 Å². The highest BCUT2D eigenvalue weighted by Gasteiger charge is 2.50. The van der Waals surface area contributed by atoms with Crippen molar-refractivity contribution in [2.75, 3.05) is 4.90 Å². The lowest BCUT2D eigenvalue weighted by Gasteiger charge is -2.40. The summed E-state index contributed by atoms with van der Waals surface area (Å²) in [7, 11) is 0. The van der Waals surface area contributed by atoms with Gasteiger partial charge >= 0.3 is 0 Å². The second-order valence-corrected chi connectivity index (χ2v) is 15.2. The Bertz CT molecular complexity index is 3150. The quantitative estimate of drug-likeness (QED) is 0.172. The number of rotatable bonds is 5. The summed E-state index contributed by atoms with van der Waals surface area (Å²) in [5.74, 6) is 0. The lowest BCUT2D eigenvalue weighted by atomic mass is 9.65. The first kappa shape index (κ1) is 31.9. The van der Waals surface area contributed by atoms with Crippen LogP contribution in [0.3, 0.4) is 0 Å². The number of hydrogen-bond acceptors (Lipinski definition) is 1. The average Bonchev–Trinajstić information content (AvgIpc) is 3.78. The summed E-state index contributed by atoms with van der Waals surface area (Å²) >= 11 is 0. The molecule has 1 aromatic heterocycles. The highest BCUT2D eigenvalue weighted by molar-refractivity contribution is 6.13. The van der Waals surface area contributed by atoms with Gasteiger partial charge in [0.1, 0.15) is 0 Å². The zero-order chi connectivity index (χ0) is 37.5. The van der Waals surface area contributed by atoms with Gasteiger partial charge in [0.15, 0.2) is 0 Å². The van der Waals surface area contributed by atoms with E-state index in [9.17, 15) is 0 Å². The van der Waals surface area contributed by atoms with E-state index in [0.29, 0.717) is 0 Å². The first-order valence-electron chi connectivity index (χ1n) is 19.8. The SMILES string of the molecule is c1ccc(-c2cccc(N(c3ccc4c(c3)-n3c5ccccc5c5cccc(c53)C43c4ccccc4-c4ccccc43)c3ccccc3-c3ccccc3)c2)cc1. The molecular formula is C55H36N2. The van der Waals surface area contributed by atoms with Gasteiger partial charge in [-0.2, -0.15) is 0 Å². The van der Waals surface area contributed by atoms with Crippen LogP contribution in [0.1, 0.15) is 22.3 Å². The van der Waals surface area contributed by atoms with E-state index >= 15 is 0 Å². The van der Waals surface area contributed by atoms with E-state index in [0.717, 1.165) is 17.1 Å². The molecule has 266 valence electrons. The van der Waals surface area contributed by atoms with Crippen LogP contribution in [0, 0.1) is 0 Å². The molecule has 12 rings (SSSR count). The second-order valence-electron chi connectivity index (χ2n) is 15.2. The molecule has 0 fully saturated rings. The fraction of sp³-hybridized carbons (Fsp3) is 0.0182. The van der Waals surface area contributed by atoms with Crippen molar-refractivity contribution < 1.29 is 0 Å². The zero-order valence-electron chi connectivity index (χ0n) is 31.2. The van der Waals surface area contributed by atoms with Crippen LogP contribution in [0.4, 0.5) is 17.1 Å². The number of nitrogens with zero attached hydrogens (tertiary/aromatic N) is 2. The van der Waals surface area contributed by atoms with Gasteiger partial charge in [0.2, 0.25) is 0 Å². The Labute approximate surface area is 332 Å². The fourth-order valence-electron chi connectivity index (χ4n) is 10.1. The molecule has 10 aromatic rings. The molecule has 0 bridgehead atoms. The summed E-state index contributed by atoms with van der Waals surface area (Å²) in [4.78, 5) is 2.46. The van der Waals surface area contributed by atoms with Crippen LogP contribution < -0.4 is 4.90 Å². The van der Waals surface area contributed by atoms with E-state index in [-0.39, 0.29) is 0 Å². The standard InChI is InChI=1S/C55H36N2/c1-3-17-37(18-4-1)39-21-15-22-40(35-39)56(51-31-13-9-23-42(51)38-19-5-2-6-20-38)41-33-34-49-53(36-41)57-52-32-14-10-26-45(52)46-27-16-30-50(54(46)57)55(49)47-28-11-7-24-43(47)44-25-8-12-29-48(44)55/h1-36H. The van der Waals surface area contributed by atoms with Crippen LogP contribution in [0.15, 0.2) is 218 Å². The van der Waals surface area contributed by atoms with Gasteiger partial charge in [-0.3, -0.25) is 0 Å². The number of hydrogen-bond donors (Lipinski definition) is 0. The molecule has 9 aromatic carbocycles. The summed E-state index contributed by atoms with van der Waals surface area (Å²) in [5.41, 5.74) is 19.2. The van der Waals surface area contributed by atoms with Crippen LogP contribution in [-0.2, 0) is 5.41 Å². The maximum atomic E-state index is 2.55. The van der Waals surface area contributed by atoms with Gasteiger partial charge in [-0.15, -0.1) is 0 Å². The third-order valence-electron chi connectivity index (χ3n) is 12.4.